The molecule has 35 heteroatoms. The summed E-state index contributed by atoms with van der Waals surface area (Å²) >= 11 is 0. The predicted molar refractivity (Wildman–Crippen MR) is 266 cm³/mol. The van der Waals surface area contributed by atoms with E-state index in [4.69, 9.17) is 0 Å². The Balaban J connectivity index is 0.00000344. The molecule has 80 heavy (non-hydrogen) atoms. The molecule has 27 nitrogen and oxygen atoms in total. The Hall–Kier alpha value is -4.69. The van der Waals surface area contributed by atoms with Crippen LogP contribution in [0.4, 0.5) is 38.9 Å². The van der Waals surface area contributed by atoms with Gasteiger partial charge in [-0.15, -0.1) is 0 Å². The van der Waals surface area contributed by atoms with Crippen LogP contribution in [0.2, 0.25) is 0 Å². The summed E-state index contributed by atoms with van der Waals surface area (Å²) in [6, 6.07) is 13.8. The summed E-state index contributed by atoms with van der Waals surface area (Å²) in [6.07, 6.45) is 5.67. The number of nitrogens with one attached hydrogen (secondary N) is 6. The van der Waals surface area contributed by atoms with Gasteiger partial charge < -0.3 is 68.4 Å². The molecule has 0 aliphatic rings. The number of rotatable bonds is 14. The second kappa shape index (κ2) is 25.8. The van der Waals surface area contributed by atoms with Crippen LogP contribution in [0.1, 0.15) is 42.0 Å². The van der Waals surface area contributed by atoms with E-state index in [1.807, 2.05) is 0 Å². The van der Waals surface area contributed by atoms with E-state index in [1.54, 1.807) is 0 Å². The van der Waals surface area contributed by atoms with E-state index in [2.05, 4.69) is 31.9 Å². The normalized spacial score (nSPS) is 11.5. The first-order chi connectivity index (χ1) is 35.3. The Morgan fingerprint density at radius 2 is 0.625 bits per heavy atom. The molecule has 4 heterocycles. The third-order valence-electron chi connectivity index (χ3n) is 11.5. The van der Waals surface area contributed by atoms with Crippen LogP contribution in [0.25, 0.3) is 21.5 Å². The van der Waals surface area contributed by atoms with E-state index in [0.29, 0.717) is 0 Å². The van der Waals surface area contributed by atoms with Gasteiger partial charge in [-0.2, -0.15) is 0 Å². The number of carbonyl (C=O) groups is 5. The van der Waals surface area contributed by atoms with Gasteiger partial charge >= 0.3 is 124 Å². The molecule has 8 aromatic rings. The maximum Gasteiger partial charge on any atom is 1.00 e. The zero-order chi connectivity index (χ0) is 55.6. The summed E-state index contributed by atoms with van der Waals surface area (Å²) in [5.41, 5.74) is 0.624. The molecule has 0 atom stereocenters. The first-order valence-corrected chi connectivity index (χ1v) is 26.9. The number of carbonyl (C=O) groups excluding carboxylic acids is 5. The van der Waals surface area contributed by atoms with E-state index >= 15 is 0 Å². The third-order valence-corrected chi connectivity index (χ3v) is 14.9. The number of hydrogen-bond donors (Lipinski definition) is 6. The molecule has 8 rings (SSSR count). The van der Waals surface area contributed by atoms with E-state index in [-0.39, 0.29) is 186 Å². The number of aromatic nitrogens is 4. The van der Waals surface area contributed by atoms with Crippen LogP contribution in [0.5, 0.6) is 0 Å². The van der Waals surface area contributed by atoms with E-state index < -0.39 is 100 Å². The molecule has 4 aromatic carbocycles. The van der Waals surface area contributed by atoms with Crippen molar-refractivity contribution in [1.29, 1.82) is 0 Å². The third kappa shape index (κ3) is 15.1. The molecule has 0 fully saturated rings. The molecule has 0 aliphatic heterocycles. The van der Waals surface area contributed by atoms with Crippen molar-refractivity contribution in [2.75, 3.05) is 31.9 Å². The molecule has 0 unspecified atom stereocenters. The van der Waals surface area contributed by atoms with Gasteiger partial charge in [-0.1, -0.05) is 12.1 Å². The van der Waals surface area contributed by atoms with E-state index in [9.17, 15) is 75.9 Å². The van der Waals surface area contributed by atoms with Crippen LogP contribution < -0.4 is 150 Å². The SMILES string of the molecule is Cn1cc(NC(=O)Nc2cc(C(=O)Nc3cc(C(=O)Nc4ccc(S(=O)(=O)[O-])c5cc(S(=O)(=O)[O-])ccc45)n(C)c3)n(C)c2)cc1C(=O)Nc1cc(C(=O)Nc2ccc(S(=O)(=O)[O-])c3cc(S(=O)(=O)[O-])ccc23)n(C)c1.[Na+].[Na+].[Na+].[Na+]. The maximum absolute atomic E-state index is 13.4. The second-order valence-corrected chi connectivity index (χ2v) is 22.2. The Kier molecular flexibility index (Phi) is 21.9. The van der Waals surface area contributed by atoms with Gasteiger partial charge in [0.05, 0.1) is 42.3 Å². The van der Waals surface area contributed by atoms with Crippen molar-refractivity contribution >= 4 is 126 Å². The van der Waals surface area contributed by atoms with Gasteiger partial charge in [0.1, 0.15) is 63.2 Å². The zero-order valence-electron chi connectivity index (χ0n) is 43.3. The summed E-state index contributed by atoms with van der Waals surface area (Å²) in [5, 5.41) is 14.6. The molecule has 0 saturated carbocycles. The average molecular weight is 1210 g/mol. The van der Waals surface area contributed by atoms with Crippen molar-refractivity contribution in [3.8, 4) is 0 Å². The molecule has 4 aromatic heterocycles. The molecule has 0 spiro atoms. The number of urea groups is 1. The minimum Gasteiger partial charge on any atom is -0.744 e. The molecule has 6 amide bonds. The Bertz CT molecular complexity index is 4040. The first kappa shape index (κ1) is 67.8. The number of hydrogen-bond acceptors (Lipinski definition) is 17. The molecule has 396 valence electrons. The summed E-state index contributed by atoms with van der Waals surface area (Å²) in [4.78, 5) is 63.6. The number of amides is 6. The Labute approximate surface area is 543 Å². The summed E-state index contributed by atoms with van der Waals surface area (Å²) in [7, 11) is -14.4. The van der Waals surface area contributed by atoms with Crippen LogP contribution in [0.15, 0.2) is 129 Å². The fourth-order valence-corrected chi connectivity index (χ4v) is 10.4. The van der Waals surface area contributed by atoms with E-state index in [1.165, 1.54) is 95.5 Å². The van der Waals surface area contributed by atoms with Gasteiger partial charge in [0, 0.05) is 85.9 Å². The number of fused-ring (bicyclic) bond motifs is 2. The Morgan fingerprint density at radius 3 is 0.900 bits per heavy atom. The van der Waals surface area contributed by atoms with Crippen LogP contribution in [0, 0.1) is 0 Å². The van der Waals surface area contributed by atoms with Crippen molar-refractivity contribution in [2.45, 2.75) is 19.6 Å². The number of benzene rings is 4. The molecule has 6 N–H and O–H groups in total. The van der Waals surface area contributed by atoms with Crippen molar-refractivity contribution in [3.05, 3.63) is 132 Å². The van der Waals surface area contributed by atoms with Crippen LogP contribution >= 0.6 is 0 Å². The van der Waals surface area contributed by atoms with Crippen molar-refractivity contribution in [2.24, 2.45) is 28.2 Å². The van der Waals surface area contributed by atoms with Crippen LogP contribution in [0.3, 0.4) is 0 Å². The Morgan fingerprint density at radius 1 is 0.350 bits per heavy atom. The number of aryl methyl sites for hydroxylation is 4. The molecule has 0 radical (unpaired) electrons. The van der Waals surface area contributed by atoms with Crippen molar-refractivity contribution in [3.63, 3.8) is 0 Å². The monoisotopic (exact) mass is 1210 g/mol. The summed E-state index contributed by atoms with van der Waals surface area (Å²) < 4.78 is 147. The van der Waals surface area contributed by atoms with Gasteiger partial charge in [0.15, 0.2) is 0 Å². The summed E-state index contributed by atoms with van der Waals surface area (Å²) in [5.74, 6) is -2.88. The van der Waals surface area contributed by atoms with Gasteiger partial charge in [0.2, 0.25) is 0 Å². The first-order valence-electron chi connectivity index (χ1n) is 21.3. The number of nitrogens with zero attached hydrogens (tertiary/aromatic N) is 4. The minimum atomic E-state index is -5.15. The fraction of sp³-hybridized carbons (Fsp3) is 0.0889. The molecule has 0 saturated heterocycles. The summed E-state index contributed by atoms with van der Waals surface area (Å²) in [6.45, 7) is 0. The van der Waals surface area contributed by atoms with Crippen molar-refractivity contribution < 1.29 is 194 Å². The topological polar surface area (TPSA) is 406 Å². The largest absolute Gasteiger partial charge is 1.00 e. The van der Waals surface area contributed by atoms with Crippen LogP contribution in [-0.2, 0) is 68.7 Å². The molecular weight excluding hydrogens is 1170 g/mol. The minimum absolute atomic E-state index is 0. The standard InChI is InChI=1S/C45H40N10O17S4.4Na/c1-52-19-23(13-37(52)43(58)50-33-9-11-39(75(67,68)69)31-17-27(73(61,62)63)5-7-29(31)33)46-41(56)35-15-25(21-54(35)3)48-45(60)49-26-16-36(55(4)22-26)42(57)47-24-14-38(53(2)20-24)44(59)51-34-10-12-40(76(70,71)72)32-18-28(74(64,65)66)6-8-30(32)34;;;;/h5-22H,1-4H3,(H,46,56)(H,47,57)(H,50,58)(H,51,59)(H2,48,49,60)(H,61,62,63)(H,64,65,66)(H,67,68,69)(H,70,71,72);;;;/q;4*+1/p-4. The van der Waals surface area contributed by atoms with Gasteiger partial charge in [0.25, 0.3) is 23.6 Å². The molecule has 0 bridgehead atoms. The van der Waals surface area contributed by atoms with Gasteiger partial charge in [-0.3, -0.25) is 19.2 Å². The molecule has 0 aliphatic carbocycles. The smallest absolute Gasteiger partial charge is 0.744 e. The van der Waals surface area contributed by atoms with Crippen LogP contribution in [-0.4, -0.2) is 99.8 Å². The molecular formula is C45H36N10Na4O17S4. The number of anilines is 6. The quantitative estimate of drug-likeness (QED) is 0.0435. The van der Waals surface area contributed by atoms with Crippen molar-refractivity contribution in [1.82, 2.24) is 18.3 Å². The zero-order valence-corrected chi connectivity index (χ0v) is 54.5. The fourth-order valence-electron chi connectivity index (χ4n) is 8.06. The van der Waals surface area contributed by atoms with E-state index in [0.717, 1.165) is 60.7 Å². The average Bonchev–Trinajstić information content (AvgIpc) is 4.08. The second-order valence-electron chi connectivity index (χ2n) is 16.7. The maximum atomic E-state index is 13.4. The predicted octanol–water partition coefficient (Wildman–Crippen LogP) is -8.37. The van der Waals surface area contributed by atoms with Gasteiger partial charge in [-0.05, 0) is 72.8 Å². The van der Waals surface area contributed by atoms with Gasteiger partial charge in [-0.25, -0.2) is 38.5 Å².